The van der Waals surface area contributed by atoms with E-state index in [1.807, 2.05) is 0 Å². The third-order valence-corrected chi connectivity index (χ3v) is 1.35. The highest BCUT2D eigenvalue weighted by atomic mass is 19.1. The molecule has 0 radical (unpaired) electrons. The summed E-state index contributed by atoms with van der Waals surface area (Å²) in [4.78, 5) is 3.32. The zero-order valence-electron chi connectivity index (χ0n) is 6.01. The van der Waals surface area contributed by atoms with Gasteiger partial charge in [-0.05, 0) is 6.92 Å². The quantitative estimate of drug-likeness (QED) is 0.670. The van der Waals surface area contributed by atoms with Crippen LogP contribution in [0.25, 0.3) is 0 Å². The highest BCUT2D eigenvalue weighted by Crippen LogP contribution is 2.16. The molecule has 0 amide bonds. The SMILES string of the molecule is C[C@H](N)c1c(F)cncc1F. The van der Waals surface area contributed by atoms with Crippen molar-refractivity contribution in [1.82, 2.24) is 4.98 Å². The minimum Gasteiger partial charge on any atom is -0.324 e. The molecular formula is C7H8F2N2. The van der Waals surface area contributed by atoms with Crippen LogP contribution < -0.4 is 5.73 Å². The number of nitrogens with two attached hydrogens (primary N) is 1. The van der Waals surface area contributed by atoms with Gasteiger partial charge in [-0.25, -0.2) is 8.78 Å². The first-order valence-corrected chi connectivity index (χ1v) is 3.17. The second-order valence-corrected chi connectivity index (χ2v) is 2.31. The van der Waals surface area contributed by atoms with Crippen molar-refractivity contribution in [3.8, 4) is 0 Å². The van der Waals surface area contributed by atoms with Crippen LogP contribution in [-0.2, 0) is 0 Å². The van der Waals surface area contributed by atoms with Gasteiger partial charge in [-0.3, -0.25) is 4.98 Å². The molecule has 0 spiro atoms. The van der Waals surface area contributed by atoms with E-state index in [1.54, 1.807) is 0 Å². The molecule has 0 bridgehead atoms. The van der Waals surface area contributed by atoms with Crippen molar-refractivity contribution >= 4 is 0 Å². The number of hydrogen-bond acceptors (Lipinski definition) is 2. The molecular weight excluding hydrogens is 150 g/mol. The van der Waals surface area contributed by atoms with E-state index in [4.69, 9.17) is 5.73 Å². The largest absolute Gasteiger partial charge is 0.324 e. The first-order chi connectivity index (χ1) is 5.13. The van der Waals surface area contributed by atoms with E-state index >= 15 is 0 Å². The molecule has 0 unspecified atom stereocenters. The highest BCUT2D eigenvalue weighted by Gasteiger charge is 2.12. The van der Waals surface area contributed by atoms with Crippen LogP contribution in [0, 0.1) is 11.6 Å². The minimum absolute atomic E-state index is 0.111. The standard InChI is InChI=1S/C7H8F2N2/c1-4(10)7-5(8)2-11-3-6(7)9/h2-4H,10H2,1H3/t4-/m0/s1. The first kappa shape index (κ1) is 8.07. The summed E-state index contributed by atoms with van der Waals surface area (Å²) in [5.74, 6) is -1.39. The third kappa shape index (κ3) is 1.51. The second kappa shape index (κ2) is 2.92. The lowest BCUT2D eigenvalue weighted by Gasteiger charge is -2.06. The third-order valence-electron chi connectivity index (χ3n) is 1.35. The molecule has 0 aliphatic rings. The Morgan fingerprint density at radius 3 is 2.09 bits per heavy atom. The van der Waals surface area contributed by atoms with E-state index in [2.05, 4.69) is 4.98 Å². The normalized spacial score (nSPS) is 13.1. The first-order valence-electron chi connectivity index (χ1n) is 3.17. The average molecular weight is 158 g/mol. The van der Waals surface area contributed by atoms with Crippen LogP contribution in [-0.4, -0.2) is 4.98 Å². The fourth-order valence-corrected chi connectivity index (χ4v) is 0.856. The maximum absolute atomic E-state index is 12.7. The van der Waals surface area contributed by atoms with Gasteiger partial charge in [0.25, 0.3) is 0 Å². The smallest absolute Gasteiger partial charge is 0.149 e. The van der Waals surface area contributed by atoms with E-state index in [1.165, 1.54) is 6.92 Å². The predicted octanol–water partition coefficient (Wildman–Crippen LogP) is 1.38. The van der Waals surface area contributed by atoms with Crippen LogP contribution in [0.2, 0.25) is 0 Å². The number of nitrogens with zero attached hydrogens (tertiary/aromatic N) is 1. The van der Waals surface area contributed by atoms with E-state index in [-0.39, 0.29) is 5.56 Å². The molecule has 0 aliphatic heterocycles. The van der Waals surface area contributed by atoms with Gasteiger partial charge in [0.05, 0.1) is 12.4 Å². The lowest BCUT2D eigenvalue weighted by atomic mass is 10.1. The Labute approximate surface area is 63.1 Å². The molecule has 1 rings (SSSR count). The van der Waals surface area contributed by atoms with Crippen LogP contribution in [0.4, 0.5) is 8.78 Å². The van der Waals surface area contributed by atoms with Crippen LogP contribution in [0.1, 0.15) is 18.5 Å². The summed E-state index contributed by atoms with van der Waals surface area (Å²) in [7, 11) is 0. The monoisotopic (exact) mass is 158 g/mol. The molecule has 0 saturated carbocycles. The Hall–Kier alpha value is -1.03. The molecule has 11 heavy (non-hydrogen) atoms. The van der Waals surface area contributed by atoms with Gasteiger partial charge in [0.1, 0.15) is 11.6 Å². The van der Waals surface area contributed by atoms with Gasteiger partial charge >= 0.3 is 0 Å². The Morgan fingerprint density at radius 1 is 1.36 bits per heavy atom. The second-order valence-electron chi connectivity index (χ2n) is 2.31. The minimum atomic E-state index is -0.694. The zero-order valence-corrected chi connectivity index (χ0v) is 6.01. The van der Waals surface area contributed by atoms with E-state index in [0.29, 0.717) is 0 Å². The van der Waals surface area contributed by atoms with Crippen molar-refractivity contribution in [2.24, 2.45) is 5.73 Å². The van der Waals surface area contributed by atoms with Gasteiger partial charge in [0.2, 0.25) is 0 Å². The van der Waals surface area contributed by atoms with E-state index < -0.39 is 17.7 Å². The molecule has 0 saturated heterocycles. The molecule has 2 nitrogen and oxygen atoms in total. The summed E-state index contributed by atoms with van der Waals surface area (Å²) < 4.78 is 25.4. The maximum atomic E-state index is 12.7. The van der Waals surface area contributed by atoms with Crippen molar-refractivity contribution in [2.45, 2.75) is 13.0 Å². The molecule has 0 aromatic carbocycles. The number of pyridine rings is 1. The Morgan fingerprint density at radius 2 is 1.82 bits per heavy atom. The van der Waals surface area contributed by atoms with Crippen molar-refractivity contribution in [3.05, 3.63) is 29.6 Å². The fraction of sp³-hybridized carbons (Fsp3) is 0.286. The molecule has 60 valence electrons. The Balaban J connectivity index is 3.21. The van der Waals surface area contributed by atoms with Crippen LogP contribution in [0.3, 0.4) is 0 Å². The van der Waals surface area contributed by atoms with Crippen molar-refractivity contribution in [3.63, 3.8) is 0 Å². The van der Waals surface area contributed by atoms with Crippen LogP contribution >= 0.6 is 0 Å². The zero-order chi connectivity index (χ0) is 8.43. The summed E-state index contributed by atoms with van der Waals surface area (Å²) in [5.41, 5.74) is 5.20. The van der Waals surface area contributed by atoms with Crippen molar-refractivity contribution in [1.29, 1.82) is 0 Å². The molecule has 1 aromatic rings. The lowest BCUT2D eigenvalue weighted by Crippen LogP contribution is -2.10. The van der Waals surface area contributed by atoms with Crippen molar-refractivity contribution < 1.29 is 8.78 Å². The van der Waals surface area contributed by atoms with Crippen LogP contribution in [0.15, 0.2) is 12.4 Å². The number of halogens is 2. The molecule has 2 N–H and O–H groups in total. The maximum Gasteiger partial charge on any atom is 0.149 e. The average Bonchev–Trinajstić information content (AvgIpc) is 1.85. The molecule has 4 heteroatoms. The van der Waals surface area contributed by atoms with Gasteiger partial charge in [0.15, 0.2) is 0 Å². The summed E-state index contributed by atoms with van der Waals surface area (Å²) >= 11 is 0. The highest BCUT2D eigenvalue weighted by molar-refractivity contribution is 5.18. The molecule has 1 heterocycles. The summed E-state index contributed by atoms with van der Waals surface area (Å²) in [6.07, 6.45) is 1.89. The van der Waals surface area contributed by atoms with Crippen molar-refractivity contribution in [2.75, 3.05) is 0 Å². The van der Waals surface area contributed by atoms with Gasteiger partial charge in [-0.15, -0.1) is 0 Å². The summed E-state index contributed by atoms with van der Waals surface area (Å²) in [6, 6.07) is -0.641. The Bertz CT molecular complexity index is 240. The number of rotatable bonds is 1. The summed E-state index contributed by atoms with van der Waals surface area (Å²) in [5, 5.41) is 0. The number of hydrogen-bond donors (Lipinski definition) is 1. The molecule has 1 atom stereocenters. The fourth-order valence-electron chi connectivity index (χ4n) is 0.856. The van der Waals surface area contributed by atoms with Crippen LogP contribution in [0.5, 0.6) is 0 Å². The summed E-state index contributed by atoms with van der Waals surface area (Å²) in [6.45, 7) is 1.52. The predicted molar refractivity (Wildman–Crippen MR) is 36.8 cm³/mol. The van der Waals surface area contributed by atoms with E-state index in [9.17, 15) is 8.78 Å². The van der Waals surface area contributed by atoms with E-state index in [0.717, 1.165) is 12.4 Å². The molecule has 0 aliphatic carbocycles. The van der Waals surface area contributed by atoms with Gasteiger partial charge in [0, 0.05) is 11.6 Å². The molecule has 1 aromatic heterocycles. The van der Waals surface area contributed by atoms with Gasteiger partial charge < -0.3 is 5.73 Å². The lowest BCUT2D eigenvalue weighted by molar-refractivity contribution is 0.528. The van der Waals surface area contributed by atoms with Gasteiger partial charge in [-0.2, -0.15) is 0 Å². The molecule has 0 fully saturated rings. The topological polar surface area (TPSA) is 38.9 Å². The number of aromatic nitrogens is 1. The Kier molecular flexibility index (Phi) is 2.14. The van der Waals surface area contributed by atoms with Gasteiger partial charge in [-0.1, -0.05) is 0 Å².